The van der Waals surface area contributed by atoms with E-state index in [-0.39, 0.29) is 23.5 Å². The van der Waals surface area contributed by atoms with Crippen molar-refractivity contribution in [3.05, 3.63) is 28.1 Å². The number of aliphatic hydroxyl groups is 1. The molecule has 0 atom stereocenters. The molecule has 0 bridgehead atoms. The molecular formula is C14H19FN2O4. The van der Waals surface area contributed by atoms with E-state index in [1.165, 1.54) is 13.2 Å². The maximum atomic E-state index is 13.9. The molecule has 1 aliphatic rings. The summed E-state index contributed by atoms with van der Waals surface area (Å²) >= 11 is 0. The highest BCUT2D eigenvalue weighted by atomic mass is 19.1. The van der Waals surface area contributed by atoms with Gasteiger partial charge in [0.1, 0.15) is 0 Å². The average Bonchev–Trinajstić information content (AvgIpc) is 2.95. The SMILES string of the molecule is COc1cc(NCC2(CO)CCCC2)c(F)cc1[N+](=O)[O-]. The van der Waals surface area contributed by atoms with Crippen molar-refractivity contribution >= 4 is 11.4 Å². The molecule has 0 spiro atoms. The van der Waals surface area contributed by atoms with Crippen LogP contribution in [0.3, 0.4) is 0 Å². The van der Waals surface area contributed by atoms with E-state index in [0.717, 1.165) is 31.7 Å². The molecule has 2 rings (SSSR count). The number of nitro benzene ring substituents is 1. The Morgan fingerprint density at radius 1 is 1.48 bits per heavy atom. The highest BCUT2D eigenvalue weighted by Crippen LogP contribution is 2.39. The molecule has 0 aromatic heterocycles. The van der Waals surface area contributed by atoms with E-state index in [9.17, 15) is 19.6 Å². The highest BCUT2D eigenvalue weighted by molar-refractivity contribution is 5.59. The van der Waals surface area contributed by atoms with Crippen LogP contribution >= 0.6 is 0 Å². The Morgan fingerprint density at radius 2 is 2.14 bits per heavy atom. The quantitative estimate of drug-likeness (QED) is 0.623. The largest absolute Gasteiger partial charge is 0.490 e. The van der Waals surface area contributed by atoms with Gasteiger partial charge in [-0.2, -0.15) is 0 Å². The second-order valence-electron chi connectivity index (χ2n) is 5.48. The van der Waals surface area contributed by atoms with E-state index in [4.69, 9.17) is 4.74 Å². The van der Waals surface area contributed by atoms with Gasteiger partial charge in [0.05, 0.1) is 30.4 Å². The lowest BCUT2D eigenvalue weighted by Crippen LogP contribution is -2.30. The van der Waals surface area contributed by atoms with Gasteiger partial charge >= 0.3 is 5.69 Å². The molecule has 0 radical (unpaired) electrons. The summed E-state index contributed by atoms with van der Waals surface area (Å²) in [5.74, 6) is -0.693. The minimum absolute atomic E-state index is 0.00775. The molecule has 1 aromatic carbocycles. The molecule has 7 heteroatoms. The molecule has 1 saturated carbocycles. The zero-order valence-corrected chi connectivity index (χ0v) is 11.9. The standard InChI is InChI=1S/C14H19FN2O4/c1-21-13-7-11(10(15)6-12(13)17(19)20)16-8-14(9-18)4-2-3-5-14/h6-7,16,18H,2-5,8-9H2,1H3. The van der Waals surface area contributed by atoms with Crippen LogP contribution in [0.15, 0.2) is 12.1 Å². The second-order valence-corrected chi connectivity index (χ2v) is 5.48. The number of aliphatic hydroxyl groups excluding tert-OH is 1. The second kappa shape index (κ2) is 6.26. The normalized spacial score (nSPS) is 16.7. The number of nitrogens with one attached hydrogen (secondary N) is 1. The average molecular weight is 298 g/mol. The molecular weight excluding hydrogens is 279 g/mol. The van der Waals surface area contributed by atoms with Gasteiger partial charge < -0.3 is 15.2 Å². The van der Waals surface area contributed by atoms with Crippen molar-refractivity contribution in [2.45, 2.75) is 25.7 Å². The maximum absolute atomic E-state index is 13.9. The number of hydrogen-bond acceptors (Lipinski definition) is 5. The summed E-state index contributed by atoms with van der Waals surface area (Å²) in [4.78, 5) is 10.1. The van der Waals surface area contributed by atoms with Crippen molar-refractivity contribution in [3.63, 3.8) is 0 Å². The van der Waals surface area contributed by atoms with Crippen LogP contribution in [0.1, 0.15) is 25.7 Å². The Hall–Kier alpha value is -1.89. The van der Waals surface area contributed by atoms with Gasteiger partial charge in [-0.05, 0) is 12.8 Å². The summed E-state index contributed by atoms with van der Waals surface area (Å²) in [6, 6.07) is 2.13. The predicted molar refractivity (Wildman–Crippen MR) is 76.1 cm³/mol. The molecule has 2 N–H and O–H groups in total. The number of ether oxygens (including phenoxy) is 1. The summed E-state index contributed by atoms with van der Waals surface area (Å²) in [6.45, 7) is 0.479. The first-order valence-electron chi connectivity index (χ1n) is 6.88. The van der Waals surface area contributed by atoms with Gasteiger partial charge in [-0.15, -0.1) is 0 Å². The third-order valence-electron chi connectivity index (χ3n) is 4.12. The first-order valence-corrected chi connectivity index (χ1v) is 6.88. The van der Waals surface area contributed by atoms with Crippen molar-refractivity contribution in [3.8, 4) is 5.75 Å². The number of anilines is 1. The van der Waals surface area contributed by atoms with Gasteiger partial charge in [0.15, 0.2) is 11.6 Å². The lowest BCUT2D eigenvalue weighted by molar-refractivity contribution is -0.385. The molecule has 0 saturated heterocycles. The molecule has 116 valence electrons. The van der Waals surface area contributed by atoms with Crippen LogP contribution in [0.5, 0.6) is 5.75 Å². The number of rotatable bonds is 6. The molecule has 21 heavy (non-hydrogen) atoms. The van der Waals surface area contributed by atoms with E-state index in [2.05, 4.69) is 5.32 Å². The van der Waals surface area contributed by atoms with Gasteiger partial charge in [-0.3, -0.25) is 10.1 Å². The number of benzene rings is 1. The Balaban J connectivity index is 2.18. The highest BCUT2D eigenvalue weighted by Gasteiger charge is 2.33. The molecule has 0 amide bonds. The first-order chi connectivity index (χ1) is 10.0. The van der Waals surface area contributed by atoms with Crippen LogP contribution in [-0.4, -0.2) is 30.3 Å². The van der Waals surface area contributed by atoms with Crippen LogP contribution in [-0.2, 0) is 0 Å². The van der Waals surface area contributed by atoms with E-state index >= 15 is 0 Å². The van der Waals surface area contributed by atoms with E-state index in [1.807, 2.05) is 0 Å². The summed E-state index contributed by atoms with van der Waals surface area (Å²) in [5, 5.41) is 23.3. The fourth-order valence-electron chi connectivity index (χ4n) is 2.78. The summed E-state index contributed by atoms with van der Waals surface area (Å²) in [6.07, 6.45) is 3.88. The molecule has 1 aliphatic carbocycles. The van der Waals surface area contributed by atoms with Crippen LogP contribution < -0.4 is 10.1 Å². The molecule has 1 aromatic rings. The Labute approximate surface area is 122 Å². The Morgan fingerprint density at radius 3 is 2.67 bits per heavy atom. The molecule has 1 fully saturated rings. The lowest BCUT2D eigenvalue weighted by atomic mass is 9.87. The topological polar surface area (TPSA) is 84.6 Å². The van der Waals surface area contributed by atoms with Crippen molar-refractivity contribution in [1.29, 1.82) is 0 Å². The maximum Gasteiger partial charge on any atom is 0.313 e. The number of halogens is 1. The third-order valence-corrected chi connectivity index (χ3v) is 4.12. The Kier molecular flexibility index (Phi) is 4.62. The van der Waals surface area contributed by atoms with E-state index in [0.29, 0.717) is 6.54 Å². The summed E-state index contributed by atoms with van der Waals surface area (Å²) in [5.41, 5.74) is -0.489. The van der Waals surface area contributed by atoms with Crippen LogP contribution in [0.2, 0.25) is 0 Å². The van der Waals surface area contributed by atoms with Gasteiger partial charge in [0.2, 0.25) is 0 Å². The minimum atomic E-state index is -0.700. The van der Waals surface area contributed by atoms with Crippen molar-refractivity contribution in [2.75, 3.05) is 25.6 Å². The van der Waals surface area contributed by atoms with E-state index in [1.54, 1.807) is 0 Å². The lowest BCUT2D eigenvalue weighted by Gasteiger charge is -2.27. The van der Waals surface area contributed by atoms with Crippen LogP contribution in [0.25, 0.3) is 0 Å². The molecule has 6 nitrogen and oxygen atoms in total. The monoisotopic (exact) mass is 298 g/mol. The molecule has 0 heterocycles. The Bertz CT molecular complexity index is 530. The summed E-state index contributed by atoms with van der Waals surface area (Å²) in [7, 11) is 1.30. The van der Waals surface area contributed by atoms with E-state index < -0.39 is 16.4 Å². The predicted octanol–water partition coefficient (Wildman–Crippen LogP) is 2.71. The van der Waals surface area contributed by atoms with Crippen LogP contribution in [0, 0.1) is 21.3 Å². The zero-order valence-electron chi connectivity index (χ0n) is 11.9. The van der Waals surface area contributed by atoms with Gasteiger partial charge in [-0.25, -0.2) is 4.39 Å². The van der Waals surface area contributed by atoms with Crippen molar-refractivity contribution in [2.24, 2.45) is 5.41 Å². The number of nitrogens with zero attached hydrogens (tertiary/aromatic N) is 1. The molecule has 0 aliphatic heterocycles. The number of methoxy groups -OCH3 is 1. The minimum Gasteiger partial charge on any atom is -0.490 e. The van der Waals surface area contributed by atoms with Crippen molar-refractivity contribution < 1.29 is 19.2 Å². The third kappa shape index (κ3) is 3.24. The fraction of sp³-hybridized carbons (Fsp3) is 0.571. The zero-order chi connectivity index (χ0) is 15.5. The summed E-state index contributed by atoms with van der Waals surface area (Å²) < 4.78 is 18.9. The van der Waals surface area contributed by atoms with Gasteiger partial charge in [0.25, 0.3) is 0 Å². The number of nitro groups is 1. The van der Waals surface area contributed by atoms with Gasteiger partial charge in [0, 0.05) is 18.0 Å². The van der Waals surface area contributed by atoms with Crippen LogP contribution in [0.4, 0.5) is 15.8 Å². The number of hydrogen-bond donors (Lipinski definition) is 2. The smallest absolute Gasteiger partial charge is 0.313 e. The van der Waals surface area contributed by atoms with Gasteiger partial charge in [-0.1, -0.05) is 12.8 Å². The van der Waals surface area contributed by atoms with Crippen molar-refractivity contribution in [1.82, 2.24) is 0 Å². The molecule has 0 unspecified atom stereocenters. The fourth-order valence-corrected chi connectivity index (χ4v) is 2.78. The first kappa shape index (κ1) is 15.5.